The van der Waals surface area contributed by atoms with Crippen LogP contribution in [0.2, 0.25) is 0 Å². The van der Waals surface area contributed by atoms with Crippen molar-refractivity contribution >= 4 is 22.6 Å². The maximum absolute atomic E-state index is 10.4. The Labute approximate surface area is 147 Å². The van der Waals surface area contributed by atoms with Gasteiger partial charge in [0.05, 0.1) is 11.3 Å². The van der Waals surface area contributed by atoms with Gasteiger partial charge in [0.1, 0.15) is 22.8 Å². The SMILES string of the molecule is CCC(CCO)[C@@H](O)[C@@H](O)Nc1nc(C)nc(C)c1C(=NC)SC. The van der Waals surface area contributed by atoms with Gasteiger partial charge in [-0.25, -0.2) is 9.97 Å². The number of nitrogens with one attached hydrogen (secondary N) is 1. The van der Waals surface area contributed by atoms with Crippen molar-refractivity contribution in [3.05, 3.63) is 17.1 Å². The number of hydrogen-bond donors (Lipinski definition) is 4. The first-order chi connectivity index (χ1) is 11.4. The van der Waals surface area contributed by atoms with Crippen LogP contribution < -0.4 is 5.32 Å². The van der Waals surface area contributed by atoms with Crippen LogP contribution in [-0.2, 0) is 0 Å². The van der Waals surface area contributed by atoms with Crippen LogP contribution in [0.15, 0.2) is 4.99 Å². The molecule has 1 rings (SSSR count). The highest BCUT2D eigenvalue weighted by atomic mass is 32.2. The van der Waals surface area contributed by atoms with Crippen molar-refractivity contribution in [3.63, 3.8) is 0 Å². The maximum atomic E-state index is 10.4. The minimum absolute atomic E-state index is 0.0294. The largest absolute Gasteiger partial charge is 0.396 e. The molecule has 0 aliphatic heterocycles. The van der Waals surface area contributed by atoms with Gasteiger partial charge in [-0.2, -0.15) is 0 Å². The van der Waals surface area contributed by atoms with Gasteiger partial charge in [-0.15, -0.1) is 11.8 Å². The number of aliphatic imine (C=N–C) groups is 1. The Hall–Kier alpha value is -1.22. The van der Waals surface area contributed by atoms with Crippen molar-refractivity contribution in [3.8, 4) is 0 Å². The number of aliphatic hydroxyl groups is 3. The van der Waals surface area contributed by atoms with Crippen LogP contribution >= 0.6 is 11.8 Å². The fourth-order valence-corrected chi connectivity index (χ4v) is 3.27. The van der Waals surface area contributed by atoms with Crippen LogP contribution in [0.5, 0.6) is 0 Å². The Balaban J connectivity index is 3.13. The summed E-state index contributed by atoms with van der Waals surface area (Å²) in [7, 11) is 1.69. The molecule has 0 saturated heterocycles. The molecule has 0 radical (unpaired) electrons. The average Bonchev–Trinajstić information content (AvgIpc) is 2.54. The molecule has 0 aliphatic carbocycles. The highest BCUT2D eigenvalue weighted by Gasteiger charge is 2.26. The molecule has 0 bridgehead atoms. The first kappa shape index (κ1) is 20.8. The summed E-state index contributed by atoms with van der Waals surface area (Å²) in [5.74, 6) is 0.810. The number of aryl methyl sites for hydroxylation is 2. The Morgan fingerprint density at radius 2 is 1.96 bits per heavy atom. The van der Waals surface area contributed by atoms with E-state index in [9.17, 15) is 10.2 Å². The molecule has 1 heterocycles. The van der Waals surface area contributed by atoms with Crippen molar-refractivity contribution < 1.29 is 15.3 Å². The van der Waals surface area contributed by atoms with E-state index >= 15 is 0 Å². The van der Waals surface area contributed by atoms with Gasteiger partial charge in [-0.05, 0) is 32.4 Å². The highest BCUT2D eigenvalue weighted by molar-refractivity contribution is 8.13. The third-order valence-corrected chi connectivity index (χ3v) is 4.70. The summed E-state index contributed by atoms with van der Waals surface area (Å²) < 4.78 is 0. The second-order valence-corrected chi connectivity index (χ2v) is 6.37. The van der Waals surface area contributed by atoms with Crippen LogP contribution in [0, 0.1) is 19.8 Å². The molecular formula is C16H28N4O3S. The first-order valence-electron chi connectivity index (χ1n) is 7.99. The van der Waals surface area contributed by atoms with Crippen molar-refractivity contribution in [2.75, 3.05) is 25.2 Å². The van der Waals surface area contributed by atoms with E-state index in [1.54, 1.807) is 14.0 Å². The normalized spacial score (nSPS) is 15.9. The Bertz CT molecular complexity index is 568. The van der Waals surface area contributed by atoms with E-state index in [-0.39, 0.29) is 12.5 Å². The Morgan fingerprint density at radius 3 is 2.46 bits per heavy atom. The predicted molar refractivity (Wildman–Crippen MR) is 98.6 cm³/mol. The number of aliphatic hydroxyl groups excluding tert-OH is 3. The summed E-state index contributed by atoms with van der Waals surface area (Å²) in [5, 5.41) is 33.5. The van der Waals surface area contributed by atoms with Gasteiger partial charge >= 0.3 is 0 Å². The summed E-state index contributed by atoms with van der Waals surface area (Å²) >= 11 is 1.46. The Kier molecular flexibility index (Phi) is 8.61. The van der Waals surface area contributed by atoms with Gasteiger partial charge in [0.15, 0.2) is 6.23 Å². The summed E-state index contributed by atoms with van der Waals surface area (Å²) in [6, 6.07) is 0. The number of nitrogens with zero attached hydrogens (tertiary/aromatic N) is 3. The number of anilines is 1. The predicted octanol–water partition coefficient (Wildman–Crippen LogP) is 1.33. The molecule has 1 unspecified atom stereocenters. The average molecular weight is 356 g/mol. The van der Waals surface area contributed by atoms with Crippen molar-refractivity contribution in [1.29, 1.82) is 0 Å². The van der Waals surface area contributed by atoms with Crippen LogP contribution in [-0.4, -0.2) is 62.6 Å². The van der Waals surface area contributed by atoms with Crippen LogP contribution in [0.1, 0.15) is 36.8 Å². The summed E-state index contributed by atoms with van der Waals surface area (Å²) in [6.45, 7) is 5.52. The monoisotopic (exact) mass is 356 g/mol. The summed E-state index contributed by atoms with van der Waals surface area (Å²) in [6.07, 6.45) is 0.778. The van der Waals surface area contributed by atoms with Crippen molar-refractivity contribution in [2.24, 2.45) is 10.9 Å². The van der Waals surface area contributed by atoms with Crippen LogP contribution in [0.4, 0.5) is 5.82 Å². The molecule has 0 amide bonds. The quantitative estimate of drug-likeness (QED) is 0.316. The molecule has 4 N–H and O–H groups in total. The molecule has 0 fully saturated rings. The molecule has 7 nitrogen and oxygen atoms in total. The van der Waals surface area contributed by atoms with Gasteiger partial charge in [0, 0.05) is 13.7 Å². The lowest BCUT2D eigenvalue weighted by Gasteiger charge is -2.27. The fraction of sp³-hybridized carbons (Fsp3) is 0.688. The van der Waals surface area contributed by atoms with Gasteiger partial charge in [-0.3, -0.25) is 4.99 Å². The zero-order chi connectivity index (χ0) is 18.3. The van der Waals surface area contributed by atoms with E-state index in [1.807, 2.05) is 20.1 Å². The minimum atomic E-state index is -1.20. The topological polar surface area (TPSA) is 111 Å². The van der Waals surface area contributed by atoms with Gasteiger partial charge in [0.2, 0.25) is 0 Å². The number of hydrogen-bond acceptors (Lipinski definition) is 8. The van der Waals surface area contributed by atoms with E-state index in [0.29, 0.717) is 24.5 Å². The molecule has 1 aromatic heterocycles. The molecule has 0 spiro atoms. The maximum Gasteiger partial charge on any atom is 0.152 e. The van der Waals surface area contributed by atoms with Gasteiger partial charge in [-0.1, -0.05) is 13.3 Å². The second kappa shape index (κ2) is 9.93. The minimum Gasteiger partial charge on any atom is -0.396 e. The van der Waals surface area contributed by atoms with E-state index in [0.717, 1.165) is 16.3 Å². The molecule has 0 saturated carbocycles. The van der Waals surface area contributed by atoms with E-state index < -0.39 is 12.3 Å². The number of thioether (sulfide) groups is 1. The molecule has 136 valence electrons. The molecule has 24 heavy (non-hydrogen) atoms. The molecular weight excluding hydrogens is 328 g/mol. The van der Waals surface area contributed by atoms with Crippen LogP contribution in [0.25, 0.3) is 0 Å². The third-order valence-electron chi connectivity index (χ3n) is 3.93. The first-order valence-corrected chi connectivity index (χ1v) is 9.21. The molecule has 8 heteroatoms. The highest BCUT2D eigenvalue weighted by Crippen LogP contribution is 2.24. The van der Waals surface area contributed by atoms with Crippen molar-refractivity contribution in [2.45, 2.75) is 45.9 Å². The lowest BCUT2D eigenvalue weighted by Crippen LogP contribution is -2.40. The lowest BCUT2D eigenvalue weighted by atomic mass is 9.95. The molecule has 3 atom stereocenters. The summed E-state index contributed by atoms with van der Waals surface area (Å²) in [4.78, 5) is 13.0. The molecule has 1 aromatic rings. The third kappa shape index (κ3) is 5.14. The van der Waals surface area contributed by atoms with Crippen LogP contribution in [0.3, 0.4) is 0 Å². The Morgan fingerprint density at radius 1 is 1.29 bits per heavy atom. The van der Waals surface area contributed by atoms with Crippen molar-refractivity contribution in [1.82, 2.24) is 9.97 Å². The fourth-order valence-electron chi connectivity index (χ4n) is 2.64. The van der Waals surface area contributed by atoms with E-state index in [4.69, 9.17) is 5.11 Å². The van der Waals surface area contributed by atoms with Gasteiger partial charge < -0.3 is 20.6 Å². The van der Waals surface area contributed by atoms with E-state index in [1.165, 1.54) is 11.8 Å². The smallest absolute Gasteiger partial charge is 0.152 e. The summed E-state index contributed by atoms with van der Waals surface area (Å²) in [5.41, 5.74) is 1.47. The number of aromatic nitrogens is 2. The van der Waals surface area contributed by atoms with Gasteiger partial charge in [0.25, 0.3) is 0 Å². The zero-order valence-electron chi connectivity index (χ0n) is 14.9. The zero-order valence-corrected chi connectivity index (χ0v) is 15.8. The van der Waals surface area contributed by atoms with E-state index in [2.05, 4.69) is 20.3 Å². The second-order valence-electron chi connectivity index (χ2n) is 5.57. The molecule has 0 aromatic carbocycles. The number of rotatable bonds is 8. The lowest BCUT2D eigenvalue weighted by molar-refractivity contribution is -0.0103. The standard InChI is InChI=1S/C16H28N4O3S/c1-6-11(7-8-21)13(22)15(23)20-14-12(16(17-4)24-5)9(2)18-10(3)19-14/h11,13,15,21-23H,6-8H2,1-5H3,(H,18,19,20)/t11?,13-,15-/m1/s1. The molecule has 0 aliphatic rings.